The van der Waals surface area contributed by atoms with Crippen LogP contribution in [0.4, 0.5) is 0 Å². The predicted octanol–water partition coefficient (Wildman–Crippen LogP) is 1.61. The Kier molecular flexibility index (Phi) is 5.02. The molecule has 8 heteroatoms. The lowest BCUT2D eigenvalue weighted by atomic mass is 10.4. The number of fused-ring (bicyclic) bond motifs is 1. The van der Waals surface area contributed by atoms with Crippen molar-refractivity contribution in [3.63, 3.8) is 0 Å². The third-order valence-electron chi connectivity index (χ3n) is 3.43. The Hall–Kier alpha value is -1.67. The molecule has 0 atom stereocenters. The smallest absolute Gasteiger partial charge is 0.330 e. The number of H-pyrrole nitrogens is 1. The summed E-state index contributed by atoms with van der Waals surface area (Å²) in [5.41, 5.74) is -0.0200. The highest BCUT2D eigenvalue weighted by molar-refractivity contribution is 6.76. The summed E-state index contributed by atoms with van der Waals surface area (Å²) in [5, 5.41) is 0. The molecule has 2 aromatic rings. The van der Waals surface area contributed by atoms with E-state index in [0.29, 0.717) is 24.3 Å². The molecule has 0 bridgehead atoms. The maximum absolute atomic E-state index is 12.4. The van der Waals surface area contributed by atoms with Gasteiger partial charge in [0.25, 0.3) is 5.56 Å². The van der Waals surface area contributed by atoms with Crippen LogP contribution in [0, 0.1) is 0 Å². The zero-order valence-electron chi connectivity index (χ0n) is 13.7. The molecule has 0 saturated carbocycles. The van der Waals surface area contributed by atoms with Crippen molar-refractivity contribution in [2.75, 3.05) is 6.61 Å². The summed E-state index contributed by atoms with van der Waals surface area (Å²) >= 11 is 0. The number of aromatic nitrogens is 4. The molecule has 0 fully saturated rings. The Morgan fingerprint density at radius 2 is 2.05 bits per heavy atom. The summed E-state index contributed by atoms with van der Waals surface area (Å²) in [5.74, 6) is 0. The van der Waals surface area contributed by atoms with Crippen molar-refractivity contribution in [1.29, 1.82) is 0 Å². The second kappa shape index (κ2) is 6.61. The Morgan fingerprint density at radius 3 is 2.68 bits per heavy atom. The molecule has 22 heavy (non-hydrogen) atoms. The molecule has 7 nitrogen and oxygen atoms in total. The summed E-state index contributed by atoms with van der Waals surface area (Å²) in [6.07, 6.45) is 2.25. The minimum Gasteiger partial charge on any atom is -0.361 e. The van der Waals surface area contributed by atoms with Gasteiger partial charge in [-0.2, -0.15) is 0 Å². The quantitative estimate of drug-likeness (QED) is 0.619. The van der Waals surface area contributed by atoms with E-state index in [1.807, 2.05) is 6.92 Å². The lowest BCUT2D eigenvalue weighted by molar-refractivity contribution is 0.0897. The van der Waals surface area contributed by atoms with E-state index in [4.69, 9.17) is 4.74 Å². The Bertz CT molecular complexity index is 754. The first-order valence-corrected chi connectivity index (χ1v) is 11.3. The molecule has 0 spiro atoms. The molecule has 0 unspecified atom stereocenters. The Morgan fingerprint density at radius 1 is 1.32 bits per heavy atom. The van der Waals surface area contributed by atoms with Crippen LogP contribution >= 0.6 is 0 Å². The van der Waals surface area contributed by atoms with Gasteiger partial charge in [-0.05, 0) is 12.5 Å². The fourth-order valence-electron chi connectivity index (χ4n) is 2.15. The average Bonchev–Trinajstić information content (AvgIpc) is 2.81. The van der Waals surface area contributed by atoms with Gasteiger partial charge >= 0.3 is 5.69 Å². The second-order valence-corrected chi connectivity index (χ2v) is 12.3. The number of hydrogen-bond donors (Lipinski definition) is 1. The first kappa shape index (κ1) is 16.7. The van der Waals surface area contributed by atoms with Gasteiger partial charge < -0.3 is 9.30 Å². The molecular formula is C14H24N4O3Si. The van der Waals surface area contributed by atoms with Gasteiger partial charge in [0, 0.05) is 21.2 Å². The maximum Gasteiger partial charge on any atom is 0.330 e. The van der Waals surface area contributed by atoms with E-state index < -0.39 is 13.8 Å². The largest absolute Gasteiger partial charge is 0.361 e. The van der Waals surface area contributed by atoms with Gasteiger partial charge in [-0.3, -0.25) is 14.3 Å². The van der Waals surface area contributed by atoms with Crippen molar-refractivity contribution < 1.29 is 4.74 Å². The van der Waals surface area contributed by atoms with Crippen molar-refractivity contribution in [2.45, 2.75) is 52.3 Å². The molecule has 2 rings (SSSR count). The topological polar surface area (TPSA) is 81.9 Å². The van der Waals surface area contributed by atoms with Crippen LogP contribution in [0.3, 0.4) is 0 Å². The fourth-order valence-corrected chi connectivity index (χ4v) is 2.91. The van der Waals surface area contributed by atoms with Gasteiger partial charge in [0.15, 0.2) is 11.2 Å². The Labute approximate surface area is 130 Å². The first-order chi connectivity index (χ1) is 10.3. The monoisotopic (exact) mass is 324 g/mol. The van der Waals surface area contributed by atoms with Crippen LogP contribution < -0.4 is 11.2 Å². The van der Waals surface area contributed by atoms with Gasteiger partial charge in [0.1, 0.15) is 6.73 Å². The SMILES string of the molecule is CCCn1c(=O)[nH]c2ncn(COCC[Si](C)(C)C)c2c1=O. The van der Waals surface area contributed by atoms with E-state index in [1.54, 1.807) is 4.57 Å². The van der Waals surface area contributed by atoms with Crippen LogP contribution in [0.15, 0.2) is 15.9 Å². The van der Waals surface area contributed by atoms with Crippen LogP contribution in [0.2, 0.25) is 25.7 Å². The molecule has 0 saturated heterocycles. The van der Waals surface area contributed by atoms with Crippen molar-refractivity contribution in [1.82, 2.24) is 19.1 Å². The number of nitrogens with one attached hydrogen (secondary N) is 1. The molecule has 2 aromatic heterocycles. The summed E-state index contributed by atoms with van der Waals surface area (Å²) in [6, 6.07) is 1.07. The van der Waals surface area contributed by atoms with Crippen LogP contribution in [-0.2, 0) is 18.0 Å². The van der Waals surface area contributed by atoms with Gasteiger partial charge in [0.05, 0.1) is 6.33 Å². The highest BCUT2D eigenvalue weighted by Gasteiger charge is 2.14. The third kappa shape index (κ3) is 3.75. The highest BCUT2D eigenvalue weighted by atomic mass is 28.3. The summed E-state index contributed by atoms with van der Waals surface area (Å²) < 4.78 is 8.53. The minimum atomic E-state index is -1.13. The van der Waals surface area contributed by atoms with Crippen molar-refractivity contribution in [2.24, 2.45) is 0 Å². The van der Waals surface area contributed by atoms with Gasteiger partial charge in [0.2, 0.25) is 0 Å². The normalized spacial score (nSPS) is 12.2. The number of nitrogens with zero attached hydrogens (tertiary/aromatic N) is 3. The van der Waals surface area contributed by atoms with E-state index in [9.17, 15) is 9.59 Å². The molecule has 0 aliphatic heterocycles. The molecule has 0 aliphatic rings. The molecule has 2 heterocycles. The second-order valence-electron chi connectivity index (χ2n) is 6.65. The molecule has 0 amide bonds. The summed E-state index contributed by atoms with van der Waals surface area (Å²) in [7, 11) is -1.13. The minimum absolute atomic E-state index is 0.272. The summed E-state index contributed by atoms with van der Waals surface area (Å²) in [4.78, 5) is 31.0. The molecular weight excluding hydrogens is 300 g/mol. The zero-order chi connectivity index (χ0) is 16.3. The van der Waals surface area contributed by atoms with Crippen LogP contribution in [0.25, 0.3) is 11.2 Å². The van der Waals surface area contributed by atoms with Gasteiger partial charge in [-0.15, -0.1) is 0 Å². The highest BCUT2D eigenvalue weighted by Crippen LogP contribution is 2.09. The van der Waals surface area contributed by atoms with Crippen molar-refractivity contribution in [3.8, 4) is 0 Å². The van der Waals surface area contributed by atoms with Gasteiger partial charge in [-0.25, -0.2) is 9.78 Å². The van der Waals surface area contributed by atoms with E-state index >= 15 is 0 Å². The third-order valence-corrected chi connectivity index (χ3v) is 5.13. The summed E-state index contributed by atoms with van der Waals surface area (Å²) in [6.45, 7) is 10.1. The van der Waals surface area contributed by atoms with E-state index in [1.165, 1.54) is 10.9 Å². The van der Waals surface area contributed by atoms with E-state index in [-0.39, 0.29) is 12.3 Å². The van der Waals surface area contributed by atoms with Crippen LogP contribution in [0.5, 0.6) is 0 Å². The predicted molar refractivity (Wildman–Crippen MR) is 89.0 cm³/mol. The number of imidazole rings is 1. The average molecular weight is 324 g/mol. The zero-order valence-corrected chi connectivity index (χ0v) is 14.7. The first-order valence-electron chi connectivity index (χ1n) is 7.59. The van der Waals surface area contributed by atoms with E-state index in [2.05, 4.69) is 29.6 Å². The molecule has 1 N–H and O–H groups in total. The molecule has 0 radical (unpaired) electrons. The number of ether oxygens (including phenoxy) is 1. The van der Waals surface area contributed by atoms with Crippen molar-refractivity contribution in [3.05, 3.63) is 27.2 Å². The van der Waals surface area contributed by atoms with Crippen LogP contribution in [-0.4, -0.2) is 33.8 Å². The number of aromatic amines is 1. The fraction of sp³-hybridized carbons (Fsp3) is 0.643. The standard InChI is InChI=1S/C14H24N4O3Si/c1-5-6-18-13(19)11-12(16-14(18)20)15-9-17(11)10-21-7-8-22(2,3)4/h9H,5-8,10H2,1-4H3,(H,16,20). The molecule has 0 aromatic carbocycles. The number of hydrogen-bond acceptors (Lipinski definition) is 4. The van der Waals surface area contributed by atoms with Crippen LogP contribution in [0.1, 0.15) is 13.3 Å². The molecule has 122 valence electrons. The van der Waals surface area contributed by atoms with Gasteiger partial charge in [-0.1, -0.05) is 26.6 Å². The Balaban J connectivity index is 2.23. The molecule has 0 aliphatic carbocycles. The lowest BCUT2D eigenvalue weighted by Gasteiger charge is -2.15. The maximum atomic E-state index is 12.4. The van der Waals surface area contributed by atoms with E-state index in [0.717, 1.165) is 12.5 Å². The van der Waals surface area contributed by atoms with Crippen molar-refractivity contribution >= 4 is 19.2 Å². The lowest BCUT2D eigenvalue weighted by Crippen LogP contribution is -2.35. The number of rotatable bonds is 7.